The lowest BCUT2D eigenvalue weighted by Gasteiger charge is -2.33. The number of hydrogen-bond donors (Lipinski definition) is 0. The molecule has 0 radical (unpaired) electrons. The largest absolute Gasteiger partial charge is 0.362 e. The zero-order valence-corrected chi connectivity index (χ0v) is 36.0. The maximum Gasteiger partial charge on any atom is 0.331 e. The minimum Gasteiger partial charge on any atom is -0.362 e. The molecule has 0 fully saturated rings. The highest BCUT2D eigenvalue weighted by molar-refractivity contribution is 6.14. The Morgan fingerprint density at radius 2 is 1.07 bits per heavy atom. The van der Waals surface area contributed by atoms with Crippen molar-refractivity contribution in [3.63, 3.8) is 0 Å². The number of aromatic nitrogens is 1. The first-order valence-corrected chi connectivity index (χ1v) is 21.1. The van der Waals surface area contributed by atoms with Gasteiger partial charge in [0.2, 0.25) is 0 Å². The predicted octanol–water partition coefficient (Wildman–Crippen LogP) is 12.8. The number of carbonyl (C=O) groups is 2. The molecule has 1 aliphatic rings. The molecule has 0 N–H and O–H groups in total. The van der Waals surface area contributed by atoms with Gasteiger partial charge in [-0.05, 0) is 122 Å². The fourth-order valence-corrected chi connectivity index (χ4v) is 8.53. The Kier molecular flexibility index (Phi) is 13.7. The number of benzene rings is 4. The highest BCUT2D eigenvalue weighted by Gasteiger charge is 2.43. The number of fused-ring (bicyclic) bond motifs is 6. The highest BCUT2D eigenvalue weighted by atomic mass is 16.7. The van der Waals surface area contributed by atoms with Crippen LogP contribution in [0.4, 0.5) is 0 Å². The van der Waals surface area contributed by atoms with Crippen LogP contribution in [0.15, 0.2) is 101 Å². The summed E-state index contributed by atoms with van der Waals surface area (Å²) in [6.07, 6.45) is 11.4. The minimum atomic E-state index is -0.458. The van der Waals surface area contributed by atoms with Gasteiger partial charge in [0.15, 0.2) is 0 Å². The first kappa shape index (κ1) is 42.8. The molecule has 0 bridgehead atoms. The first-order valence-electron chi connectivity index (χ1n) is 21.1. The smallest absolute Gasteiger partial charge is 0.331 e. The Bertz CT molecular complexity index is 2460. The summed E-state index contributed by atoms with van der Waals surface area (Å²) in [5.74, 6) is -0.372. The second kappa shape index (κ2) is 18.8. The predicted molar refractivity (Wildman–Crippen MR) is 241 cm³/mol. The molecule has 0 saturated carbocycles. The van der Waals surface area contributed by atoms with Gasteiger partial charge in [0.05, 0.1) is 28.2 Å². The van der Waals surface area contributed by atoms with E-state index in [0.717, 1.165) is 75.6 Å². The van der Waals surface area contributed by atoms with Gasteiger partial charge < -0.3 is 19.1 Å². The van der Waals surface area contributed by atoms with Crippen molar-refractivity contribution in [1.29, 1.82) is 0 Å². The third-order valence-corrected chi connectivity index (χ3v) is 11.5. The summed E-state index contributed by atoms with van der Waals surface area (Å²) < 4.78 is 2.36. The van der Waals surface area contributed by atoms with E-state index in [1.54, 1.807) is 6.92 Å². The third kappa shape index (κ3) is 9.25. The number of oxime groups is 3. The molecule has 5 aromatic rings. The molecule has 0 amide bonds. The van der Waals surface area contributed by atoms with Crippen LogP contribution in [0.5, 0.6) is 0 Å². The van der Waals surface area contributed by atoms with Crippen LogP contribution in [0.1, 0.15) is 147 Å². The average Bonchev–Trinajstić information content (AvgIpc) is 3.68. The minimum absolute atomic E-state index is 0.220. The van der Waals surface area contributed by atoms with E-state index < -0.39 is 11.9 Å². The van der Waals surface area contributed by atoms with Gasteiger partial charge in [-0.15, -0.1) is 0 Å². The van der Waals surface area contributed by atoms with Crippen LogP contribution in [0.2, 0.25) is 0 Å². The Labute approximate surface area is 348 Å². The zero-order valence-electron chi connectivity index (χ0n) is 36.0. The number of allylic oxidation sites excluding steroid dienone is 1. The van der Waals surface area contributed by atoms with Crippen molar-refractivity contribution in [2.45, 2.75) is 125 Å². The lowest BCUT2D eigenvalue weighted by atomic mass is 9.70. The van der Waals surface area contributed by atoms with E-state index in [0.29, 0.717) is 17.2 Å². The second-order valence-corrected chi connectivity index (χ2v) is 16.0. The van der Waals surface area contributed by atoms with E-state index in [1.807, 2.05) is 32.9 Å². The fraction of sp³-hybridized carbons (Fsp3) is 0.380. The normalized spacial score (nSPS) is 13.7. The molecule has 0 atom stereocenters. The number of unbranched alkanes of at least 4 members (excludes halogenated alkanes) is 6. The summed E-state index contributed by atoms with van der Waals surface area (Å²) in [5.41, 5.74) is 13.0. The quantitative estimate of drug-likeness (QED) is 0.0289. The van der Waals surface area contributed by atoms with Crippen molar-refractivity contribution in [1.82, 2.24) is 4.57 Å². The van der Waals surface area contributed by atoms with Crippen molar-refractivity contribution >= 4 is 50.9 Å². The fourth-order valence-electron chi connectivity index (χ4n) is 8.53. The monoisotopic (exact) mass is 794 g/mol. The second-order valence-electron chi connectivity index (χ2n) is 16.0. The lowest BCUT2D eigenvalue weighted by molar-refractivity contribution is -0.141. The maximum atomic E-state index is 11.7. The lowest BCUT2D eigenvalue weighted by Crippen LogP contribution is -2.26. The van der Waals surface area contributed by atoms with Crippen LogP contribution >= 0.6 is 0 Å². The summed E-state index contributed by atoms with van der Waals surface area (Å²) in [4.78, 5) is 38.7. The van der Waals surface area contributed by atoms with Gasteiger partial charge in [-0.1, -0.05) is 118 Å². The van der Waals surface area contributed by atoms with Crippen molar-refractivity contribution in [2.75, 3.05) is 0 Å². The van der Waals surface area contributed by atoms with Crippen LogP contribution < -0.4 is 0 Å². The van der Waals surface area contributed by atoms with Crippen molar-refractivity contribution in [3.05, 3.63) is 113 Å². The van der Waals surface area contributed by atoms with Gasteiger partial charge in [-0.2, -0.15) is 0 Å². The van der Waals surface area contributed by atoms with E-state index in [-0.39, 0.29) is 5.41 Å². The van der Waals surface area contributed by atoms with Gasteiger partial charge in [-0.25, -0.2) is 9.59 Å². The summed E-state index contributed by atoms with van der Waals surface area (Å²) in [6.45, 7) is 18.6. The number of nitrogens with zero attached hydrogens (tertiary/aromatic N) is 4. The molecule has 308 valence electrons. The standard InChI is InChI=1S/C50H58N4O5/c1-10-12-14-16-26-50(27-17-15-13-11-2)46-29-40(35(7)53-59-37(9)56)20-24-42(46)43-30-45-44-28-39(34(6)51-57-32(3)4)21-25-48(44)54(49(45)31-47(43)50)41-22-18-38(19-23-41)33(5)52-58-36(8)55/h18-25,28-31H,3,10-17,26-27H2,1-2,4-9H3/b51-34+,52-33-,53-35+. The highest BCUT2D eigenvalue weighted by Crippen LogP contribution is 2.56. The van der Waals surface area contributed by atoms with Gasteiger partial charge in [0.1, 0.15) is 5.76 Å². The Balaban J connectivity index is 1.63. The maximum absolute atomic E-state index is 11.7. The molecule has 1 aromatic heterocycles. The molecule has 59 heavy (non-hydrogen) atoms. The molecule has 0 saturated heterocycles. The van der Waals surface area contributed by atoms with E-state index >= 15 is 0 Å². The van der Waals surface area contributed by atoms with Crippen molar-refractivity contribution in [3.8, 4) is 16.8 Å². The van der Waals surface area contributed by atoms with Gasteiger partial charge in [0, 0.05) is 35.7 Å². The summed E-state index contributed by atoms with van der Waals surface area (Å²) in [6, 6.07) is 26.3. The molecule has 6 rings (SSSR count). The number of rotatable bonds is 18. The van der Waals surface area contributed by atoms with Gasteiger partial charge >= 0.3 is 11.9 Å². The summed E-state index contributed by atoms with van der Waals surface area (Å²) >= 11 is 0. The van der Waals surface area contributed by atoms with Gasteiger partial charge in [0.25, 0.3) is 0 Å². The van der Waals surface area contributed by atoms with Crippen LogP contribution in [-0.2, 0) is 29.5 Å². The van der Waals surface area contributed by atoms with Gasteiger partial charge in [-0.3, -0.25) is 0 Å². The van der Waals surface area contributed by atoms with E-state index in [2.05, 4.69) is 101 Å². The van der Waals surface area contributed by atoms with Crippen molar-refractivity contribution < 1.29 is 24.1 Å². The topological polar surface area (TPSA) is 104 Å². The summed E-state index contributed by atoms with van der Waals surface area (Å²) in [5, 5.41) is 14.8. The molecule has 0 aliphatic heterocycles. The third-order valence-electron chi connectivity index (χ3n) is 11.5. The van der Waals surface area contributed by atoms with Crippen LogP contribution in [0, 0.1) is 0 Å². The number of hydrogen-bond acceptors (Lipinski definition) is 8. The van der Waals surface area contributed by atoms with Crippen LogP contribution in [0.3, 0.4) is 0 Å². The molecule has 4 aromatic carbocycles. The van der Waals surface area contributed by atoms with E-state index in [1.165, 1.54) is 74.6 Å². The molecule has 0 spiro atoms. The molecule has 9 nitrogen and oxygen atoms in total. The Hall–Kier alpha value is -5.83. The Morgan fingerprint density at radius 1 is 0.559 bits per heavy atom. The molecular weight excluding hydrogens is 737 g/mol. The molecular formula is C50H58N4O5. The van der Waals surface area contributed by atoms with Crippen molar-refractivity contribution in [2.24, 2.45) is 15.5 Å². The molecule has 9 heteroatoms. The summed E-state index contributed by atoms with van der Waals surface area (Å²) in [7, 11) is 0. The zero-order chi connectivity index (χ0) is 42.3. The van der Waals surface area contributed by atoms with E-state index in [9.17, 15) is 9.59 Å². The first-order chi connectivity index (χ1) is 28.4. The van der Waals surface area contributed by atoms with Crippen LogP contribution in [-0.4, -0.2) is 33.6 Å². The van der Waals surface area contributed by atoms with E-state index in [4.69, 9.17) is 14.5 Å². The van der Waals surface area contributed by atoms with Crippen LogP contribution in [0.25, 0.3) is 38.6 Å². The SMILES string of the molecule is C=C(C)O/N=C(\C)c1ccc2c(c1)c1cc3c(cc1n2-c1ccc(/C(C)=N\OC(C)=O)cc1)C(CCCCCC)(CCCCCC)c1cc(/C(C)=N/OC(C)=O)ccc1-3. The molecule has 1 aliphatic carbocycles. The average molecular weight is 795 g/mol. The molecule has 1 heterocycles. The molecule has 0 unspecified atom stereocenters. The Morgan fingerprint density at radius 3 is 1.64 bits per heavy atom. The number of carbonyl (C=O) groups excluding carboxylic acids is 2.